The zero-order chi connectivity index (χ0) is 6.69. The highest BCUT2D eigenvalue weighted by Crippen LogP contribution is 2.14. The summed E-state index contributed by atoms with van der Waals surface area (Å²) in [5.74, 6) is 0. The molecule has 0 N–H and O–H groups in total. The molecule has 1 fully saturated rings. The van der Waals surface area contributed by atoms with Crippen LogP contribution in [0.25, 0.3) is 0 Å². The second kappa shape index (κ2) is 3.26. The highest BCUT2D eigenvalue weighted by atomic mass is 15.1. The van der Waals surface area contributed by atoms with Gasteiger partial charge in [0, 0.05) is 0 Å². The number of nitrogens with zero attached hydrogens (tertiary/aromatic N) is 1. The van der Waals surface area contributed by atoms with Crippen LogP contribution in [0.4, 0.5) is 0 Å². The van der Waals surface area contributed by atoms with E-state index in [4.69, 9.17) is 0 Å². The minimum absolute atomic E-state index is 0.795. The lowest BCUT2D eigenvalue weighted by Gasteiger charge is -2.32. The van der Waals surface area contributed by atoms with Crippen LogP contribution in [0, 0.1) is 0 Å². The molecule has 0 aromatic carbocycles. The van der Waals surface area contributed by atoms with Gasteiger partial charge in [0.1, 0.15) is 0 Å². The van der Waals surface area contributed by atoms with Gasteiger partial charge in [-0.05, 0) is 25.4 Å². The van der Waals surface area contributed by atoms with Crippen molar-refractivity contribution in [2.45, 2.75) is 39.1 Å². The Bertz CT molecular complexity index is 85.0. The number of hydrogen-bond acceptors (Lipinski definition) is 1. The number of rotatable bonds is 1. The largest absolute Gasteiger partial charge is 0.345 e. The molecule has 1 saturated heterocycles. The van der Waals surface area contributed by atoms with Gasteiger partial charge >= 0.3 is 0 Å². The molecule has 1 radical (unpaired) electrons. The smallest absolute Gasteiger partial charge is 0.205 e. The average Bonchev–Trinajstić information content (AvgIpc) is 1.89. The van der Waals surface area contributed by atoms with Crippen molar-refractivity contribution in [2.24, 2.45) is 0 Å². The summed E-state index contributed by atoms with van der Waals surface area (Å²) < 4.78 is 0. The number of hydrogen-bond donors (Lipinski definition) is 0. The van der Waals surface area contributed by atoms with Gasteiger partial charge in [-0.25, -0.2) is 0 Å². The molecular weight excluding hydrogens is 109 g/mol. The molecule has 1 aliphatic heterocycles. The first kappa shape index (κ1) is 7.14. The Kier molecular flexibility index (Phi) is 2.58. The minimum atomic E-state index is 0.795. The summed E-state index contributed by atoms with van der Waals surface area (Å²) in [6.45, 7) is 5.71. The molecule has 2 heteroatoms. The molecule has 0 amide bonds. The molecule has 1 unspecified atom stereocenters. The Morgan fingerprint density at radius 1 is 1.44 bits per heavy atom. The maximum absolute atomic E-state index is 2.43. The molecule has 0 aliphatic carbocycles. The average molecular weight is 124 g/mol. The Labute approximate surface area is 58.7 Å². The monoisotopic (exact) mass is 124 g/mol. The minimum Gasteiger partial charge on any atom is -0.345 e. The molecule has 1 atom stereocenters. The molecule has 1 heterocycles. The van der Waals surface area contributed by atoms with E-state index in [0.717, 1.165) is 6.04 Å². The Morgan fingerprint density at radius 2 is 2.22 bits per heavy atom. The molecule has 0 saturated carbocycles. The molecule has 51 valence electrons. The molecular formula is C7H15BN. The first-order valence-corrected chi connectivity index (χ1v) is 3.90. The number of piperidine rings is 1. The lowest BCUT2D eigenvalue weighted by molar-refractivity contribution is 0.275. The van der Waals surface area contributed by atoms with Crippen molar-refractivity contribution in [3.05, 3.63) is 0 Å². The topological polar surface area (TPSA) is 3.24 Å². The van der Waals surface area contributed by atoms with Crippen LogP contribution in [0.3, 0.4) is 0 Å². The second-order valence-corrected chi connectivity index (χ2v) is 2.84. The van der Waals surface area contributed by atoms with E-state index in [0.29, 0.717) is 0 Å². The van der Waals surface area contributed by atoms with E-state index in [1.807, 2.05) is 0 Å². The van der Waals surface area contributed by atoms with Gasteiger partial charge in [-0.15, -0.1) is 0 Å². The van der Waals surface area contributed by atoms with Crippen molar-refractivity contribution in [2.75, 3.05) is 6.54 Å². The SMILES string of the molecule is C[B]N1CCCCC1C. The molecule has 0 spiro atoms. The fraction of sp³-hybridized carbons (Fsp3) is 1.00. The van der Waals surface area contributed by atoms with Crippen molar-refractivity contribution < 1.29 is 0 Å². The van der Waals surface area contributed by atoms with Crippen LogP contribution >= 0.6 is 0 Å². The van der Waals surface area contributed by atoms with Crippen LogP contribution < -0.4 is 0 Å². The second-order valence-electron chi connectivity index (χ2n) is 2.84. The van der Waals surface area contributed by atoms with Gasteiger partial charge < -0.3 is 4.81 Å². The van der Waals surface area contributed by atoms with Gasteiger partial charge in [0.15, 0.2) is 0 Å². The van der Waals surface area contributed by atoms with E-state index in [2.05, 4.69) is 26.0 Å². The van der Waals surface area contributed by atoms with Crippen molar-refractivity contribution in [1.29, 1.82) is 0 Å². The molecule has 1 rings (SSSR count). The molecule has 0 bridgehead atoms. The van der Waals surface area contributed by atoms with E-state index < -0.39 is 0 Å². The van der Waals surface area contributed by atoms with Crippen molar-refractivity contribution in [3.63, 3.8) is 0 Å². The van der Waals surface area contributed by atoms with Crippen LogP contribution in [0.15, 0.2) is 0 Å². The summed E-state index contributed by atoms with van der Waals surface area (Å²) in [6, 6.07) is 0.795. The van der Waals surface area contributed by atoms with Crippen LogP contribution in [0.5, 0.6) is 0 Å². The summed E-state index contributed by atoms with van der Waals surface area (Å²) in [6.07, 6.45) is 4.19. The van der Waals surface area contributed by atoms with Gasteiger partial charge in [-0.1, -0.05) is 20.2 Å². The Morgan fingerprint density at radius 3 is 2.67 bits per heavy atom. The van der Waals surface area contributed by atoms with E-state index >= 15 is 0 Å². The molecule has 0 aromatic heterocycles. The first-order valence-electron chi connectivity index (χ1n) is 3.90. The summed E-state index contributed by atoms with van der Waals surface area (Å²) in [7, 11) is 2.21. The summed E-state index contributed by atoms with van der Waals surface area (Å²) in [5.41, 5.74) is 0. The molecule has 1 aliphatic rings. The van der Waals surface area contributed by atoms with E-state index in [-0.39, 0.29) is 0 Å². The van der Waals surface area contributed by atoms with Crippen LogP contribution in [-0.4, -0.2) is 24.8 Å². The third kappa shape index (κ3) is 1.72. The summed E-state index contributed by atoms with van der Waals surface area (Å²) in [4.78, 5) is 2.43. The van der Waals surface area contributed by atoms with Gasteiger partial charge in [-0.2, -0.15) is 0 Å². The predicted molar refractivity (Wildman–Crippen MR) is 41.6 cm³/mol. The van der Waals surface area contributed by atoms with E-state index in [1.54, 1.807) is 0 Å². The predicted octanol–water partition coefficient (Wildman–Crippen LogP) is 1.53. The van der Waals surface area contributed by atoms with Gasteiger partial charge in [0.25, 0.3) is 0 Å². The summed E-state index contributed by atoms with van der Waals surface area (Å²) in [5, 5.41) is 0. The van der Waals surface area contributed by atoms with Gasteiger partial charge in [0.05, 0.1) is 0 Å². The Hall–Kier alpha value is 0.0249. The zero-order valence-electron chi connectivity index (χ0n) is 6.43. The highest BCUT2D eigenvalue weighted by molar-refractivity contribution is 6.29. The van der Waals surface area contributed by atoms with E-state index in [1.165, 1.54) is 25.8 Å². The lowest BCUT2D eigenvalue weighted by atomic mass is 9.88. The van der Waals surface area contributed by atoms with Crippen molar-refractivity contribution in [3.8, 4) is 0 Å². The lowest BCUT2D eigenvalue weighted by Crippen LogP contribution is -2.38. The van der Waals surface area contributed by atoms with Crippen molar-refractivity contribution in [1.82, 2.24) is 4.81 Å². The molecule has 9 heavy (non-hydrogen) atoms. The van der Waals surface area contributed by atoms with Crippen LogP contribution in [-0.2, 0) is 0 Å². The Balaban J connectivity index is 2.30. The van der Waals surface area contributed by atoms with E-state index in [9.17, 15) is 0 Å². The third-order valence-electron chi connectivity index (χ3n) is 2.19. The van der Waals surface area contributed by atoms with Crippen LogP contribution in [0.1, 0.15) is 26.2 Å². The maximum atomic E-state index is 2.43. The normalized spacial score (nSPS) is 30.2. The van der Waals surface area contributed by atoms with Crippen LogP contribution in [0.2, 0.25) is 6.82 Å². The first-order chi connectivity index (χ1) is 4.34. The third-order valence-corrected chi connectivity index (χ3v) is 2.19. The molecule has 0 aromatic rings. The maximum Gasteiger partial charge on any atom is 0.205 e. The highest BCUT2D eigenvalue weighted by Gasteiger charge is 2.15. The summed E-state index contributed by atoms with van der Waals surface area (Å²) >= 11 is 0. The zero-order valence-corrected chi connectivity index (χ0v) is 6.43. The fourth-order valence-corrected chi connectivity index (χ4v) is 1.50. The van der Waals surface area contributed by atoms with Gasteiger partial charge in [-0.3, -0.25) is 0 Å². The quantitative estimate of drug-likeness (QED) is 0.479. The standard InChI is InChI=1S/C7H15BN/c1-7-5-3-4-6-9(7)8-2/h7H,3-6H2,1-2H3. The fourth-order valence-electron chi connectivity index (χ4n) is 1.50. The van der Waals surface area contributed by atoms with Gasteiger partial charge in [0.2, 0.25) is 7.41 Å². The van der Waals surface area contributed by atoms with Crippen molar-refractivity contribution >= 4 is 7.41 Å². The molecule has 1 nitrogen and oxygen atoms in total.